The highest BCUT2D eigenvalue weighted by Gasteiger charge is 2.32. The molecule has 2 aromatic heterocycles. The summed E-state index contributed by atoms with van der Waals surface area (Å²) in [7, 11) is 0. The van der Waals surface area contributed by atoms with Crippen LogP contribution in [0.5, 0.6) is 0 Å². The Kier molecular flexibility index (Phi) is 6.05. The third kappa shape index (κ3) is 4.06. The summed E-state index contributed by atoms with van der Waals surface area (Å²) in [4.78, 5) is 32.5. The Morgan fingerprint density at radius 2 is 2.23 bits per heavy atom. The van der Waals surface area contributed by atoms with Gasteiger partial charge in [0.25, 0.3) is 11.8 Å². The summed E-state index contributed by atoms with van der Waals surface area (Å²) in [5.41, 5.74) is 2.99. The lowest BCUT2D eigenvalue weighted by atomic mass is 10.1. The quantitative estimate of drug-likeness (QED) is 0.800. The Hall–Kier alpha value is -3.18. The van der Waals surface area contributed by atoms with Crippen molar-refractivity contribution in [3.8, 4) is 6.07 Å². The van der Waals surface area contributed by atoms with E-state index in [1.165, 1.54) is 0 Å². The maximum absolute atomic E-state index is 13.2. The highest BCUT2D eigenvalue weighted by Crippen LogP contribution is 2.27. The fourth-order valence-corrected chi connectivity index (χ4v) is 4.42. The van der Waals surface area contributed by atoms with Gasteiger partial charge in [-0.25, -0.2) is 4.98 Å². The van der Waals surface area contributed by atoms with Crippen LogP contribution < -0.4 is 5.32 Å². The molecule has 0 unspecified atom stereocenters. The number of hydrogen-bond acceptors (Lipinski definition) is 5. The van der Waals surface area contributed by atoms with E-state index in [9.17, 15) is 9.59 Å². The zero-order valence-corrected chi connectivity index (χ0v) is 17.9. The van der Waals surface area contributed by atoms with E-state index in [1.807, 2.05) is 28.5 Å². The van der Waals surface area contributed by atoms with E-state index >= 15 is 0 Å². The van der Waals surface area contributed by atoms with E-state index in [-0.39, 0.29) is 23.9 Å². The Morgan fingerprint density at radius 1 is 1.39 bits per heavy atom. The first-order valence-corrected chi connectivity index (χ1v) is 10.8. The van der Waals surface area contributed by atoms with Gasteiger partial charge in [0.1, 0.15) is 17.5 Å². The average Bonchev–Trinajstić information content (AvgIpc) is 3.41. The van der Waals surface area contributed by atoms with Gasteiger partial charge in [0.15, 0.2) is 0 Å². The van der Waals surface area contributed by atoms with Gasteiger partial charge in [-0.2, -0.15) is 5.26 Å². The van der Waals surface area contributed by atoms with Gasteiger partial charge in [-0.05, 0) is 43.9 Å². The number of likely N-dealkylation sites (tertiary alicyclic amines) is 1. The van der Waals surface area contributed by atoms with Gasteiger partial charge >= 0.3 is 0 Å². The lowest BCUT2D eigenvalue weighted by Crippen LogP contribution is -2.34. The van der Waals surface area contributed by atoms with Crippen LogP contribution in [0.2, 0.25) is 0 Å². The second kappa shape index (κ2) is 8.90. The first kappa shape index (κ1) is 21.1. The van der Waals surface area contributed by atoms with E-state index in [0.717, 1.165) is 30.6 Å². The molecule has 4 rings (SSSR count). The van der Waals surface area contributed by atoms with E-state index in [1.54, 1.807) is 18.3 Å². The van der Waals surface area contributed by atoms with Crippen molar-refractivity contribution >= 4 is 11.8 Å². The van der Waals surface area contributed by atoms with Crippen molar-refractivity contribution in [2.75, 3.05) is 13.2 Å². The predicted octanol–water partition coefficient (Wildman–Crippen LogP) is 2.79. The fourth-order valence-electron chi connectivity index (χ4n) is 4.42. The average molecular weight is 422 g/mol. The van der Waals surface area contributed by atoms with Crippen LogP contribution in [0.1, 0.15) is 76.9 Å². The van der Waals surface area contributed by atoms with Crippen LogP contribution in [0.25, 0.3) is 0 Å². The van der Waals surface area contributed by atoms with E-state index in [2.05, 4.69) is 17.2 Å². The van der Waals surface area contributed by atoms with Gasteiger partial charge in [0.05, 0.1) is 30.5 Å². The van der Waals surface area contributed by atoms with Crippen LogP contribution in [-0.2, 0) is 17.9 Å². The minimum atomic E-state index is -0.239. The van der Waals surface area contributed by atoms with Crippen LogP contribution in [0.3, 0.4) is 0 Å². The Bertz CT molecular complexity index is 1020. The Morgan fingerprint density at radius 3 is 2.87 bits per heavy atom. The lowest BCUT2D eigenvalue weighted by molar-refractivity contribution is 0.0696. The van der Waals surface area contributed by atoms with Gasteiger partial charge in [0.2, 0.25) is 0 Å². The number of fused-ring (bicyclic) bond motifs is 1. The molecule has 0 aliphatic carbocycles. The highest BCUT2D eigenvalue weighted by atomic mass is 16.5. The van der Waals surface area contributed by atoms with Gasteiger partial charge < -0.3 is 19.5 Å². The van der Waals surface area contributed by atoms with E-state index in [4.69, 9.17) is 10.00 Å². The smallest absolute Gasteiger partial charge is 0.268 e. The minimum absolute atomic E-state index is 0.0263. The van der Waals surface area contributed by atoms with Crippen molar-refractivity contribution in [2.24, 2.45) is 0 Å². The van der Waals surface area contributed by atoms with Gasteiger partial charge in [-0.15, -0.1) is 0 Å². The van der Waals surface area contributed by atoms with Crippen molar-refractivity contribution in [3.05, 3.63) is 52.6 Å². The summed E-state index contributed by atoms with van der Waals surface area (Å²) < 4.78 is 7.52. The molecule has 2 aliphatic rings. The van der Waals surface area contributed by atoms with Crippen LogP contribution in [0.15, 0.2) is 24.4 Å². The molecule has 0 aromatic carbocycles. The van der Waals surface area contributed by atoms with Crippen molar-refractivity contribution in [3.63, 3.8) is 0 Å². The topological polar surface area (TPSA) is 100 Å². The second-order valence-electron chi connectivity index (χ2n) is 8.11. The molecular weight excluding hydrogens is 394 g/mol. The molecule has 8 heteroatoms. The number of pyridine rings is 1. The lowest BCUT2D eigenvalue weighted by Gasteiger charge is -2.23. The first-order chi connectivity index (χ1) is 15.0. The highest BCUT2D eigenvalue weighted by molar-refractivity contribution is 6.01. The second-order valence-corrected chi connectivity index (χ2v) is 8.11. The van der Waals surface area contributed by atoms with Crippen molar-refractivity contribution < 1.29 is 14.3 Å². The van der Waals surface area contributed by atoms with Crippen LogP contribution in [-0.4, -0.2) is 45.5 Å². The molecule has 2 amide bonds. The predicted molar refractivity (Wildman–Crippen MR) is 113 cm³/mol. The summed E-state index contributed by atoms with van der Waals surface area (Å²) in [6.45, 7) is 6.16. The molecule has 162 valence electrons. The largest absolute Gasteiger partial charge is 0.373 e. The molecule has 4 heterocycles. The van der Waals surface area contributed by atoms with E-state index in [0.29, 0.717) is 43.1 Å². The maximum atomic E-state index is 13.2. The molecule has 1 saturated heterocycles. The third-order valence-corrected chi connectivity index (χ3v) is 6.20. The van der Waals surface area contributed by atoms with Crippen molar-refractivity contribution in [2.45, 2.75) is 58.3 Å². The van der Waals surface area contributed by atoms with Gasteiger partial charge in [0, 0.05) is 25.3 Å². The van der Waals surface area contributed by atoms with Crippen molar-refractivity contribution in [1.82, 2.24) is 19.8 Å². The van der Waals surface area contributed by atoms with Gasteiger partial charge in [-0.1, -0.05) is 13.0 Å². The summed E-state index contributed by atoms with van der Waals surface area (Å²) in [6, 6.07) is 7.15. The number of nitrogens with one attached hydrogen (secondary N) is 1. The third-order valence-electron chi connectivity index (χ3n) is 6.20. The molecule has 2 aromatic rings. The standard InChI is InChI=1S/C23H27N5O3/c1-3-19(16-6-7-17(12-24)25-13-16)26-22(29)20-11-18(21-14-31-10-9-28(20)21)23(30)27-8-4-5-15(27)2/h6-7,11,13,15,19H,3-5,8-10,14H2,1-2H3,(H,26,29)/t15-,19+/m0/s1. The summed E-state index contributed by atoms with van der Waals surface area (Å²) in [5, 5.41) is 12.0. The molecule has 31 heavy (non-hydrogen) atoms. The Labute approximate surface area is 181 Å². The molecular formula is C23H27N5O3. The summed E-state index contributed by atoms with van der Waals surface area (Å²) in [5.74, 6) is -0.255. The van der Waals surface area contributed by atoms with Crippen LogP contribution in [0.4, 0.5) is 0 Å². The van der Waals surface area contributed by atoms with Crippen LogP contribution >= 0.6 is 0 Å². The van der Waals surface area contributed by atoms with Gasteiger partial charge in [-0.3, -0.25) is 9.59 Å². The Balaban J connectivity index is 1.60. The number of carbonyl (C=O) groups excluding carboxylic acids is 2. The molecule has 2 aliphatic heterocycles. The zero-order valence-electron chi connectivity index (χ0n) is 17.9. The molecule has 0 spiro atoms. The number of nitrogens with zero attached hydrogens (tertiary/aromatic N) is 4. The molecule has 2 atom stereocenters. The molecule has 8 nitrogen and oxygen atoms in total. The molecule has 0 bridgehead atoms. The number of nitriles is 1. The molecule has 1 N–H and O–H groups in total. The monoisotopic (exact) mass is 421 g/mol. The zero-order chi connectivity index (χ0) is 22.0. The first-order valence-electron chi connectivity index (χ1n) is 10.8. The summed E-state index contributed by atoms with van der Waals surface area (Å²) >= 11 is 0. The summed E-state index contributed by atoms with van der Waals surface area (Å²) in [6.07, 6.45) is 4.30. The number of hydrogen-bond donors (Lipinski definition) is 1. The molecule has 1 fully saturated rings. The normalized spacial score (nSPS) is 18.9. The fraction of sp³-hybridized carbons (Fsp3) is 0.478. The molecule has 0 saturated carbocycles. The minimum Gasteiger partial charge on any atom is -0.373 e. The van der Waals surface area contributed by atoms with Crippen LogP contribution in [0, 0.1) is 11.3 Å². The maximum Gasteiger partial charge on any atom is 0.268 e. The number of rotatable bonds is 5. The van der Waals surface area contributed by atoms with Crippen molar-refractivity contribution in [1.29, 1.82) is 5.26 Å². The number of aromatic nitrogens is 2. The number of carbonyl (C=O) groups is 2. The van der Waals surface area contributed by atoms with E-state index < -0.39 is 0 Å². The molecule has 0 radical (unpaired) electrons. The number of amides is 2. The number of ether oxygens (including phenoxy) is 1. The SMILES string of the molecule is CC[C@@H](NC(=O)c1cc(C(=O)N2CCC[C@@H]2C)c2n1CCOC2)c1ccc(C#N)nc1.